The molecule has 0 atom stereocenters. The predicted molar refractivity (Wildman–Crippen MR) is 136 cm³/mol. The lowest BCUT2D eigenvalue weighted by Gasteiger charge is -2.50. The van der Waals surface area contributed by atoms with Crippen molar-refractivity contribution in [2.24, 2.45) is 0 Å². The van der Waals surface area contributed by atoms with E-state index >= 15 is 0 Å². The van der Waals surface area contributed by atoms with E-state index in [1.165, 1.54) is 12.3 Å². The van der Waals surface area contributed by atoms with E-state index in [1.54, 1.807) is 19.9 Å². The van der Waals surface area contributed by atoms with Crippen LogP contribution in [0, 0.1) is 6.92 Å². The number of hydrogen-bond donors (Lipinski definition) is 2. The van der Waals surface area contributed by atoms with Crippen molar-refractivity contribution in [2.75, 3.05) is 25.0 Å². The van der Waals surface area contributed by atoms with E-state index in [2.05, 4.69) is 39.1 Å². The fourth-order valence-electron chi connectivity index (χ4n) is 4.79. The van der Waals surface area contributed by atoms with E-state index in [4.69, 9.17) is 4.74 Å². The maximum absolute atomic E-state index is 13.9. The standard InChI is InChI=1S/C27H31F2N5O4/c1-5-37-24(35)19-12-30-33-22(19)13-34-14-27(15-34,20-9-7-6-8-18(20)16(2)3)25(36)32-21-11-10-17(4)31-23(21)38-26(28)29/h6-12,16,26H,5,13-15H2,1-4H3,(H,30,33)(H,32,36). The van der Waals surface area contributed by atoms with Gasteiger partial charge < -0.3 is 14.8 Å². The highest BCUT2D eigenvalue weighted by Gasteiger charge is 2.52. The summed E-state index contributed by atoms with van der Waals surface area (Å²) in [6, 6.07) is 10.8. The number of pyridine rings is 1. The second-order valence-corrected chi connectivity index (χ2v) is 9.59. The highest BCUT2D eigenvalue weighted by molar-refractivity contribution is 6.01. The number of anilines is 1. The van der Waals surface area contributed by atoms with Gasteiger partial charge in [-0.25, -0.2) is 9.78 Å². The summed E-state index contributed by atoms with van der Waals surface area (Å²) >= 11 is 0. The molecule has 4 rings (SSSR count). The molecule has 202 valence electrons. The van der Waals surface area contributed by atoms with Gasteiger partial charge >= 0.3 is 12.6 Å². The van der Waals surface area contributed by atoms with E-state index in [-0.39, 0.29) is 30.0 Å². The van der Waals surface area contributed by atoms with Crippen molar-refractivity contribution in [2.45, 2.75) is 52.2 Å². The number of amides is 1. The van der Waals surface area contributed by atoms with E-state index in [1.807, 2.05) is 29.2 Å². The molecular formula is C27H31F2N5O4. The Balaban J connectivity index is 1.64. The molecule has 0 radical (unpaired) electrons. The first-order chi connectivity index (χ1) is 18.1. The maximum atomic E-state index is 13.9. The largest absolute Gasteiger partial charge is 0.462 e. The van der Waals surface area contributed by atoms with Crippen molar-refractivity contribution >= 4 is 17.6 Å². The quantitative estimate of drug-likeness (QED) is 0.376. The van der Waals surface area contributed by atoms with Gasteiger partial charge in [0.15, 0.2) is 0 Å². The van der Waals surface area contributed by atoms with Crippen LogP contribution in [-0.4, -0.2) is 58.3 Å². The van der Waals surface area contributed by atoms with Crippen LogP contribution in [0.15, 0.2) is 42.6 Å². The molecule has 1 aliphatic heterocycles. The molecule has 1 fully saturated rings. The number of aromatic nitrogens is 3. The Morgan fingerprint density at radius 1 is 1.18 bits per heavy atom. The summed E-state index contributed by atoms with van der Waals surface area (Å²) in [5.41, 5.74) is 2.38. The molecular weight excluding hydrogens is 496 g/mol. The number of carbonyl (C=O) groups excluding carboxylic acids is 2. The summed E-state index contributed by atoms with van der Waals surface area (Å²) in [6.45, 7) is 5.64. The van der Waals surface area contributed by atoms with E-state index < -0.39 is 18.0 Å². The second-order valence-electron chi connectivity index (χ2n) is 9.59. The van der Waals surface area contributed by atoms with Crippen LogP contribution in [0.4, 0.5) is 14.5 Å². The minimum Gasteiger partial charge on any atom is -0.462 e. The van der Waals surface area contributed by atoms with Gasteiger partial charge in [0.1, 0.15) is 11.3 Å². The monoisotopic (exact) mass is 527 g/mol. The summed E-state index contributed by atoms with van der Waals surface area (Å²) < 4.78 is 35.8. The molecule has 1 aliphatic rings. The summed E-state index contributed by atoms with van der Waals surface area (Å²) in [7, 11) is 0. The zero-order valence-corrected chi connectivity index (χ0v) is 21.8. The Hall–Kier alpha value is -3.86. The zero-order valence-electron chi connectivity index (χ0n) is 21.8. The number of esters is 1. The van der Waals surface area contributed by atoms with Crippen LogP contribution in [0.2, 0.25) is 0 Å². The van der Waals surface area contributed by atoms with E-state index in [0.717, 1.165) is 11.1 Å². The van der Waals surface area contributed by atoms with Gasteiger partial charge in [-0.15, -0.1) is 0 Å². The number of aromatic amines is 1. The minimum absolute atomic E-state index is 0.0684. The number of H-pyrrole nitrogens is 1. The lowest BCUT2D eigenvalue weighted by Crippen LogP contribution is -2.64. The lowest BCUT2D eigenvalue weighted by atomic mass is 9.69. The number of rotatable bonds is 10. The molecule has 0 aliphatic carbocycles. The summed E-state index contributed by atoms with van der Waals surface area (Å²) in [6.07, 6.45) is 1.43. The molecule has 0 spiro atoms. The molecule has 2 aromatic heterocycles. The first-order valence-electron chi connectivity index (χ1n) is 12.4. The smallest absolute Gasteiger partial charge is 0.388 e. The molecule has 3 aromatic rings. The number of ether oxygens (including phenoxy) is 2. The Labute approximate surface area is 219 Å². The highest BCUT2D eigenvalue weighted by Crippen LogP contribution is 2.41. The SMILES string of the molecule is CCOC(=O)c1cn[nH]c1CN1CC(C(=O)Nc2ccc(C)nc2OC(F)F)(c2ccccc2C(C)C)C1. The number of likely N-dealkylation sites (tertiary alicyclic amines) is 1. The number of nitrogens with zero attached hydrogens (tertiary/aromatic N) is 3. The third-order valence-corrected chi connectivity index (χ3v) is 6.56. The Morgan fingerprint density at radius 3 is 2.61 bits per heavy atom. The number of alkyl halides is 2. The Kier molecular flexibility index (Phi) is 8.05. The van der Waals surface area contributed by atoms with Crippen LogP contribution < -0.4 is 10.1 Å². The minimum atomic E-state index is -3.09. The number of nitrogens with one attached hydrogen (secondary N) is 2. The van der Waals surface area contributed by atoms with Gasteiger partial charge in [0.2, 0.25) is 11.8 Å². The van der Waals surface area contributed by atoms with Gasteiger partial charge in [-0.2, -0.15) is 13.9 Å². The topological polar surface area (TPSA) is 109 Å². The van der Waals surface area contributed by atoms with Gasteiger partial charge in [-0.05, 0) is 43.0 Å². The van der Waals surface area contributed by atoms with Gasteiger partial charge in [0.25, 0.3) is 0 Å². The second kappa shape index (κ2) is 11.3. The Bertz CT molecular complexity index is 1300. The molecule has 0 saturated carbocycles. The van der Waals surface area contributed by atoms with Crippen LogP contribution >= 0.6 is 0 Å². The number of benzene rings is 1. The highest BCUT2D eigenvalue weighted by atomic mass is 19.3. The van der Waals surface area contributed by atoms with Gasteiger partial charge in [0.05, 0.1) is 23.9 Å². The van der Waals surface area contributed by atoms with Crippen LogP contribution in [0.3, 0.4) is 0 Å². The normalized spacial score (nSPS) is 14.8. The summed E-state index contributed by atoms with van der Waals surface area (Å²) in [4.78, 5) is 32.3. The Morgan fingerprint density at radius 2 is 1.92 bits per heavy atom. The van der Waals surface area contributed by atoms with Gasteiger partial charge in [-0.3, -0.25) is 14.8 Å². The summed E-state index contributed by atoms with van der Waals surface area (Å²) in [5, 5.41) is 9.63. The van der Waals surface area contributed by atoms with Crippen molar-refractivity contribution < 1.29 is 27.8 Å². The lowest BCUT2D eigenvalue weighted by molar-refractivity contribution is -0.128. The molecule has 1 saturated heterocycles. The zero-order chi connectivity index (χ0) is 27.4. The number of aryl methyl sites for hydroxylation is 1. The van der Waals surface area contributed by atoms with Crippen LogP contribution in [0.5, 0.6) is 5.88 Å². The number of halogens is 2. The molecule has 9 nitrogen and oxygen atoms in total. The van der Waals surface area contributed by atoms with Crippen LogP contribution in [-0.2, 0) is 21.5 Å². The van der Waals surface area contributed by atoms with E-state index in [9.17, 15) is 18.4 Å². The van der Waals surface area contributed by atoms with Crippen molar-refractivity contribution in [3.63, 3.8) is 0 Å². The van der Waals surface area contributed by atoms with Crippen LogP contribution in [0.1, 0.15) is 59.6 Å². The summed E-state index contributed by atoms with van der Waals surface area (Å²) in [5.74, 6) is -1.02. The molecule has 11 heteroatoms. The molecule has 1 aromatic carbocycles. The number of hydrogen-bond acceptors (Lipinski definition) is 7. The van der Waals surface area contributed by atoms with Crippen molar-refractivity contribution in [1.82, 2.24) is 20.1 Å². The third kappa shape index (κ3) is 5.52. The maximum Gasteiger partial charge on any atom is 0.388 e. The fraction of sp³-hybridized carbons (Fsp3) is 0.407. The molecule has 38 heavy (non-hydrogen) atoms. The van der Waals surface area contributed by atoms with Crippen molar-refractivity contribution in [3.05, 3.63) is 70.7 Å². The molecule has 3 heterocycles. The van der Waals surface area contributed by atoms with Crippen molar-refractivity contribution in [3.8, 4) is 5.88 Å². The molecule has 1 amide bonds. The van der Waals surface area contributed by atoms with Crippen LogP contribution in [0.25, 0.3) is 0 Å². The first kappa shape index (κ1) is 27.2. The average Bonchev–Trinajstić information content (AvgIpc) is 3.31. The third-order valence-electron chi connectivity index (χ3n) is 6.56. The average molecular weight is 528 g/mol. The first-order valence-corrected chi connectivity index (χ1v) is 12.4. The van der Waals surface area contributed by atoms with Gasteiger partial charge in [-0.1, -0.05) is 38.1 Å². The van der Waals surface area contributed by atoms with Gasteiger partial charge in [0, 0.05) is 25.3 Å². The van der Waals surface area contributed by atoms with Crippen molar-refractivity contribution in [1.29, 1.82) is 0 Å². The molecule has 0 bridgehead atoms. The molecule has 0 unspecified atom stereocenters. The predicted octanol–water partition coefficient (Wildman–Crippen LogP) is 4.41. The molecule has 2 N–H and O–H groups in total. The number of carbonyl (C=O) groups is 2. The fourth-order valence-corrected chi connectivity index (χ4v) is 4.79. The van der Waals surface area contributed by atoms with E-state index in [0.29, 0.717) is 36.6 Å².